The Balaban J connectivity index is 1.76. The molecule has 20 heavy (non-hydrogen) atoms. The molecule has 0 aromatic heterocycles. The van der Waals surface area contributed by atoms with E-state index >= 15 is 0 Å². The number of likely N-dealkylation sites (tertiary alicyclic amines) is 1. The second-order valence-corrected chi connectivity index (χ2v) is 7.48. The molecule has 0 amide bonds. The summed E-state index contributed by atoms with van der Waals surface area (Å²) in [5, 5.41) is 0. The van der Waals surface area contributed by atoms with Gasteiger partial charge in [0.25, 0.3) is 0 Å². The van der Waals surface area contributed by atoms with Crippen molar-refractivity contribution in [2.24, 2.45) is 0 Å². The summed E-state index contributed by atoms with van der Waals surface area (Å²) in [5.41, 5.74) is 6.84. The van der Waals surface area contributed by atoms with Gasteiger partial charge in [-0.15, -0.1) is 0 Å². The molecule has 1 saturated carbocycles. The Bertz CT molecular complexity index is 591. The summed E-state index contributed by atoms with van der Waals surface area (Å²) >= 11 is 0. The zero-order valence-electron chi connectivity index (χ0n) is 11.7. The Morgan fingerprint density at radius 2 is 2.05 bits per heavy atom. The van der Waals surface area contributed by atoms with E-state index in [1.165, 1.54) is 12.8 Å². The van der Waals surface area contributed by atoms with E-state index in [1.54, 1.807) is 25.1 Å². The molecule has 3 N–H and O–H groups in total. The van der Waals surface area contributed by atoms with Crippen LogP contribution in [0.3, 0.4) is 0 Å². The first kappa shape index (κ1) is 13.9. The summed E-state index contributed by atoms with van der Waals surface area (Å²) in [6.07, 6.45) is 3.38. The smallest absolute Gasteiger partial charge is 0.243 e. The van der Waals surface area contributed by atoms with Gasteiger partial charge in [-0.2, -0.15) is 0 Å². The molecule has 1 unspecified atom stereocenters. The summed E-state index contributed by atoms with van der Waals surface area (Å²) in [6.45, 7) is 3.58. The molecular formula is C14H21N3O2S. The van der Waals surface area contributed by atoms with Crippen LogP contribution in [-0.2, 0) is 10.0 Å². The predicted octanol–water partition coefficient (Wildman–Crippen LogP) is 1.09. The first-order valence-corrected chi connectivity index (χ1v) is 8.57. The molecule has 2 aliphatic rings. The standard InChI is InChI=1S/C14H21N3O2S/c1-10-3-2-4-13(15)14(10)20(18,19)16-11-7-8-17(9-11)12-5-6-12/h2-4,11-12,16H,5-9,15H2,1H3. The van der Waals surface area contributed by atoms with Crippen molar-refractivity contribution in [2.75, 3.05) is 18.8 Å². The van der Waals surface area contributed by atoms with Crippen LogP contribution in [0.15, 0.2) is 23.1 Å². The molecular weight excluding hydrogens is 274 g/mol. The lowest BCUT2D eigenvalue weighted by molar-refractivity contribution is 0.322. The lowest BCUT2D eigenvalue weighted by atomic mass is 10.2. The van der Waals surface area contributed by atoms with E-state index in [0.29, 0.717) is 17.3 Å². The number of hydrogen-bond donors (Lipinski definition) is 2. The SMILES string of the molecule is Cc1cccc(N)c1S(=O)(=O)NC1CCN(C2CC2)C1. The first-order chi connectivity index (χ1) is 9.47. The molecule has 6 heteroatoms. The molecule has 1 saturated heterocycles. The van der Waals surface area contributed by atoms with Gasteiger partial charge in [0.15, 0.2) is 0 Å². The minimum atomic E-state index is -3.54. The van der Waals surface area contributed by atoms with Gasteiger partial charge in [-0.05, 0) is 37.8 Å². The number of benzene rings is 1. The molecule has 1 aliphatic carbocycles. The number of rotatable bonds is 4. The van der Waals surface area contributed by atoms with Gasteiger partial charge < -0.3 is 5.73 Å². The van der Waals surface area contributed by atoms with E-state index in [4.69, 9.17) is 5.73 Å². The fourth-order valence-electron chi connectivity index (χ4n) is 2.98. The number of nitrogens with one attached hydrogen (secondary N) is 1. The van der Waals surface area contributed by atoms with E-state index in [9.17, 15) is 8.42 Å². The lowest BCUT2D eigenvalue weighted by Gasteiger charge is -2.17. The van der Waals surface area contributed by atoms with Crippen LogP contribution < -0.4 is 10.5 Å². The Kier molecular flexibility index (Phi) is 3.48. The Morgan fingerprint density at radius 1 is 1.30 bits per heavy atom. The Hall–Kier alpha value is -1.11. The van der Waals surface area contributed by atoms with Crippen LogP contribution in [0.1, 0.15) is 24.8 Å². The van der Waals surface area contributed by atoms with E-state index in [2.05, 4.69) is 9.62 Å². The fourth-order valence-corrected chi connectivity index (χ4v) is 4.59. The van der Waals surface area contributed by atoms with Crippen LogP contribution in [0, 0.1) is 6.92 Å². The highest BCUT2D eigenvalue weighted by Gasteiger charge is 2.36. The third-order valence-corrected chi connectivity index (χ3v) is 5.85. The second kappa shape index (κ2) is 5.02. The molecule has 1 aromatic rings. The van der Waals surface area contributed by atoms with Crippen LogP contribution in [-0.4, -0.2) is 38.5 Å². The maximum atomic E-state index is 12.5. The molecule has 1 aliphatic heterocycles. The van der Waals surface area contributed by atoms with Crippen molar-refractivity contribution in [3.63, 3.8) is 0 Å². The lowest BCUT2D eigenvalue weighted by Crippen LogP contribution is -2.38. The summed E-state index contributed by atoms with van der Waals surface area (Å²) in [4.78, 5) is 2.61. The molecule has 0 radical (unpaired) electrons. The van der Waals surface area contributed by atoms with Crippen molar-refractivity contribution in [3.05, 3.63) is 23.8 Å². The Labute approximate surface area is 120 Å². The van der Waals surface area contributed by atoms with Gasteiger partial charge >= 0.3 is 0 Å². The van der Waals surface area contributed by atoms with Crippen molar-refractivity contribution >= 4 is 15.7 Å². The first-order valence-electron chi connectivity index (χ1n) is 7.09. The van der Waals surface area contributed by atoms with Crippen LogP contribution in [0.5, 0.6) is 0 Å². The molecule has 5 nitrogen and oxygen atoms in total. The van der Waals surface area contributed by atoms with Crippen LogP contribution in [0.2, 0.25) is 0 Å². The molecule has 0 spiro atoms. The third-order valence-electron chi connectivity index (χ3n) is 4.12. The van der Waals surface area contributed by atoms with Crippen molar-refractivity contribution in [1.82, 2.24) is 9.62 Å². The van der Waals surface area contributed by atoms with Crippen LogP contribution in [0.4, 0.5) is 5.69 Å². The van der Waals surface area contributed by atoms with Crippen LogP contribution in [0.25, 0.3) is 0 Å². The molecule has 0 bridgehead atoms. The number of anilines is 1. The zero-order valence-corrected chi connectivity index (χ0v) is 12.5. The van der Waals surface area contributed by atoms with Crippen molar-refractivity contribution in [1.29, 1.82) is 0 Å². The van der Waals surface area contributed by atoms with Gasteiger partial charge in [0.1, 0.15) is 4.90 Å². The van der Waals surface area contributed by atoms with Crippen LogP contribution >= 0.6 is 0 Å². The highest BCUT2D eigenvalue weighted by Crippen LogP contribution is 2.30. The quantitative estimate of drug-likeness (QED) is 0.815. The zero-order chi connectivity index (χ0) is 14.3. The van der Waals surface area contributed by atoms with Gasteiger partial charge in [-0.3, -0.25) is 4.90 Å². The van der Waals surface area contributed by atoms with Crippen molar-refractivity contribution < 1.29 is 8.42 Å². The largest absolute Gasteiger partial charge is 0.398 e. The van der Waals surface area contributed by atoms with Gasteiger partial charge in [0, 0.05) is 25.2 Å². The van der Waals surface area contributed by atoms with E-state index in [-0.39, 0.29) is 10.9 Å². The maximum Gasteiger partial charge on any atom is 0.243 e. The minimum absolute atomic E-state index is 0.000365. The normalized spacial score (nSPS) is 24.1. The number of sulfonamides is 1. The Morgan fingerprint density at radius 3 is 2.70 bits per heavy atom. The molecule has 2 fully saturated rings. The third kappa shape index (κ3) is 2.68. The molecule has 1 aromatic carbocycles. The maximum absolute atomic E-state index is 12.5. The summed E-state index contributed by atoms with van der Waals surface area (Å²) < 4.78 is 27.8. The monoisotopic (exact) mass is 295 g/mol. The molecule has 1 heterocycles. The minimum Gasteiger partial charge on any atom is -0.398 e. The highest BCUT2D eigenvalue weighted by atomic mass is 32.2. The number of hydrogen-bond acceptors (Lipinski definition) is 4. The molecule has 110 valence electrons. The van der Waals surface area contributed by atoms with E-state index in [0.717, 1.165) is 19.5 Å². The van der Waals surface area contributed by atoms with Gasteiger partial charge in [0.05, 0.1) is 5.69 Å². The van der Waals surface area contributed by atoms with Crippen molar-refractivity contribution in [3.8, 4) is 0 Å². The summed E-state index contributed by atoms with van der Waals surface area (Å²) in [6, 6.07) is 5.87. The number of nitrogen functional groups attached to an aromatic ring is 1. The number of aryl methyl sites for hydroxylation is 1. The van der Waals surface area contributed by atoms with E-state index < -0.39 is 10.0 Å². The predicted molar refractivity (Wildman–Crippen MR) is 78.9 cm³/mol. The van der Waals surface area contributed by atoms with Crippen molar-refractivity contribution in [2.45, 2.75) is 43.2 Å². The summed E-state index contributed by atoms with van der Waals surface area (Å²) in [7, 11) is -3.54. The van der Waals surface area contributed by atoms with Gasteiger partial charge in [0.2, 0.25) is 10.0 Å². The topological polar surface area (TPSA) is 75.4 Å². The van der Waals surface area contributed by atoms with Gasteiger partial charge in [-0.1, -0.05) is 12.1 Å². The summed E-state index contributed by atoms with van der Waals surface area (Å²) in [5.74, 6) is 0. The second-order valence-electron chi connectivity index (χ2n) is 5.83. The fraction of sp³-hybridized carbons (Fsp3) is 0.571. The molecule has 1 atom stereocenters. The van der Waals surface area contributed by atoms with Gasteiger partial charge in [-0.25, -0.2) is 13.1 Å². The number of nitrogens with two attached hydrogens (primary N) is 1. The van der Waals surface area contributed by atoms with E-state index in [1.807, 2.05) is 0 Å². The molecule has 3 rings (SSSR count). The number of nitrogens with zero attached hydrogens (tertiary/aromatic N) is 1. The highest BCUT2D eigenvalue weighted by molar-refractivity contribution is 7.89. The average Bonchev–Trinajstić information content (AvgIpc) is 3.10. The average molecular weight is 295 g/mol.